The number of benzene rings is 1. The largest absolute Gasteiger partial charge is 0.497 e. The molecule has 4 heteroatoms. The van der Waals surface area contributed by atoms with E-state index in [2.05, 4.69) is 31.3 Å². The Kier molecular flexibility index (Phi) is 5.83. The molecule has 0 saturated carbocycles. The van der Waals surface area contributed by atoms with Crippen LogP contribution in [0.1, 0.15) is 50.3 Å². The van der Waals surface area contributed by atoms with E-state index >= 15 is 0 Å². The van der Waals surface area contributed by atoms with Crippen molar-refractivity contribution in [2.75, 3.05) is 13.7 Å². The van der Waals surface area contributed by atoms with E-state index in [0.29, 0.717) is 18.9 Å². The number of hydrogen-bond acceptors (Lipinski definition) is 3. The normalized spacial score (nSPS) is 18.8. The monoisotopic (exact) mass is 305 g/mol. The zero-order chi connectivity index (χ0) is 16.1. The number of aliphatic carboxylic acids is 1. The summed E-state index contributed by atoms with van der Waals surface area (Å²) in [6.45, 7) is 4.67. The molecule has 2 atom stereocenters. The molecule has 0 bridgehead atoms. The summed E-state index contributed by atoms with van der Waals surface area (Å²) in [7, 11) is 1.68. The maximum Gasteiger partial charge on any atom is 0.307 e. The molecule has 2 rings (SSSR count). The molecular formula is C18H27NO3. The van der Waals surface area contributed by atoms with Crippen LogP contribution in [0.2, 0.25) is 0 Å². The lowest BCUT2D eigenvalue weighted by molar-refractivity contribution is -0.142. The van der Waals surface area contributed by atoms with Crippen molar-refractivity contribution < 1.29 is 14.6 Å². The van der Waals surface area contributed by atoms with Crippen molar-refractivity contribution >= 4 is 5.97 Å². The molecule has 0 spiro atoms. The van der Waals surface area contributed by atoms with Gasteiger partial charge in [0, 0.05) is 12.6 Å². The summed E-state index contributed by atoms with van der Waals surface area (Å²) < 4.78 is 5.29. The van der Waals surface area contributed by atoms with Crippen molar-refractivity contribution in [3.63, 3.8) is 0 Å². The zero-order valence-electron chi connectivity index (χ0n) is 13.8. The molecule has 0 radical (unpaired) electrons. The van der Waals surface area contributed by atoms with Gasteiger partial charge >= 0.3 is 5.97 Å². The quantitative estimate of drug-likeness (QED) is 0.810. The van der Waals surface area contributed by atoms with Crippen LogP contribution in [0.3, 0.4) is 0 Å². The van der Waals surface area contributed by atoms with Gasteiger partial charge in [-0.3, -0.25) is 4.79 Å². The van der Waals surface area contributed by atoms with Crippen LogP contribution in [0.25, 0.3) is 0 Å². The molecular weight excluding hydrogens is 278 g/mol. The van der Waals surface area contributed by atoms with Gasteiger partial charge in [0.25, 0.3) is 0 Å². The van der Waals surface area contributed by atoms with Crippen LogP contribution in [0.5, 0.6) is 5.75 Å². The first kappa shape index (κ1) is 16.8. The molecule has 2 unspecified atom stereocenters. The lowest BCUT2D eigenvalue weighted by Crippen LogP contribution is -2.33. The number of carboxylic acid groups (broad SMARTS) is 1. The van der Waals surface area contributed by atoms with E-state index in [9.17, 15) is 9.90 Å². The topological polar surface area (TPSA) is 58.6 Å². The molecule has 0 amide bonds. The molecule has 0 saturated heterocycles. The highest BCUT2D eigenvalue weighted by molar-refractivity contribution is 5.70. The van der Waals surface area contributed by atoms with Crippen LogP contribution in [-0.2, 0) is 11.2 Å². The molecule has 1 aromatic rings. The van der Waals surface area contributed by atoms with Gasteiger partial charge in [-0.1, -0.05) is 19.9 Å². The van der Waals surface area contributed by atoms with Crippen molar-refractivity contribution in [3.8, 4) is 5.75 Å². The Bertz CT molecular complexity index is 513. The third kappa shape index (κ3) is 4.23. The SMILES string of the molecule is COc1ccc2c(c1)CCCC2NCC(CC(C)C)C(=O)O. The lowest BCUT2D eigenvalue weighted by Gasteiger charge is -2.28. The van der Waals surface area contributed by atoms with Gasteiger partial charge in [-0.05, 0) is 54.9 Å². The fourth-order valence-electron chi connectivity index (χ4n) is 3.25. The van der Waals surface area contributed by atoms with Crippen LogP contribution < -0.4 is 10.1 Å². The Hall–Kier alpha value is -1.55. The molecule has 0 aliphatic heterocycles. The number of ether oxygens (including phenoxy) is 1. The maximum atomic E-state index is 11.4. The smallest absolute Gasteiger partial charge is 0.307 e. The summed E-state index contributed by atoms with van der Waals surface area (Å²) in [4.78, 5) is 11.4. The van der Waals surface area contributed by atoms with Crippen molar-refractivity contribution in [2.24, 2.45) is 11.8 Å². The molecule has 0 fully saturated rings. The summed E-state index contributed by atoms with van der Waals surface area (Å²) in [5.41, 5.74) is 2.61. The van der Waals surface area contributed by atoms with E-state index in [-0.39, 0.29) is 12.0 Å². The Balaban J connectivity index is 2.04. The van der Waals surface area contributed by atoms with E-state index in [1.54, 1.807) is 7.11 Å². The van der Waals surface area contributed by atoms with Gasteiger partial charge < -0.3 is 15.2 Å². The zero-order valence-corrected chi connectivity index (χ0v) is 13.8. The molecule has 1 aromatic carbocycles. The van der Waals surface area contributed by atoms with Gasteiger partial charge in [0.1, 0.15) is 5.75 Å². The highest BCUT2D eigenvalue weighted by Crippen LogP contribution is 2.32. The number of nitrogens with one attached hydrogen (secondary N) is 1. The second kappa shape index (κ2) is 7.63. The van der Waals surface area contributed by atoms with E-state index in [1.165, 1.54) is 11.1 Å². The van der Waals surface area contributed by atoms with Crippen molar-refractivity contribution in [3.05, 3.63) is 29.3 Å². The van der Waals surface area contributed by atoms with Gasteiger partial charge in [-0.15, -0.1) is 0 Å². The fraction of sp³-hybridized carbons (Fsp3) is 0.611. The van der Waals surface area contributed by atoms with Gasteiger partial charge in [-0.25, -0.2) is 0 Å². The minimum atomic E-state index is -0.702. The number of carbonyl (C=O) groups is 1. The average Bonchev–Trinajstić information content (AvgIpc) is 2.50. The molecule has 2 N–H and O–H groups in total. The van der Waals surface area contributed by atoms with Crippen LogP contribution >= 0.6 is 0 Å². The summed E-state index contributed by atoms with van der Waals surface area (Å²) in [6.07, 6.45) is 3.97. The predicted octanol–water partition coefficient (Wildman–Crippen LogP) is 3.41. The molecule has 22 heavy (non-hydrogen) atoms. The summed E-state index contributed by atoms with van der Waals surface area (Å²) >= 11 is 0. The van der Waals surface area contributed by atoms with Crippen molar-refractivity contribution in [2.45, 2.75) is 45.6 Å². The first-order valence-corrected chi connectivity index (χ1v) is 8.14. The number of hydrogen-bond donors (Lipinski definition) is 2. The van der Waals surface area contributed by atoms with E-state index in [1.807, 2.05) is 6.07 Å². The molecule has 0 aromatic heterocycles. The van der Waals surface area contributed by atoms with Gasteiger partial charge in [-0.2, -0.15) is 0 Å². The second-order valence-corrected chi connectivity index (χ2v) is 6.58. The van der Waals surface area contributed by atoms with Crippen LogP contribution in [0.15, 0.2) is 18.2 Å². The lowest BCUT2D eigenvalue weighted by atomic mass is 9.87. The Morgan fingerprint density at radius 2 is 2.23 bits per heavy atom. The minimum absolute atomic E-state index is 0.253. The number of methoxy groups -OCH3 is 1. The van der Waals surface area contributed by atoms with Crippen LogP contribution in [0, 0.1) is 11.8 Å². The minimum Gasteiger partial charge on any atom is -0.497 e. The van der Waals surface area contributed by atoms with Crippen molar-refractivity contribution in [1.29, 1.82) is 0 Å². The van der Waals surface area contributed by atoms with Crippen molar-refractivity contribution in [1.82, 2.24) is 5.32 Å². The number of carboxylic acids is 1. The summed E-state index contributed by atoms with van der Waals surface area (Å²) in [5, 5.41) is 12.8. The molecule has 0 heterocycles. The van der Waals surface area contributed by atoms with Gasteiger partial charge in [0.2, 0.25) is 0 Å². The van der Waals surface area contributed by atoms with Gasteiger partial charge in [0.05, 0.1) is 13.0 Å². The molecule has 122 valence electrons. The van der Waals surface area contributed by atoms with E-state index in [0.717, 1.165) is 25.0 Å². The summed E-state index contributed by atoms with van der Waals surface area (Å²) in [6, 6.07) is 6.46. The highest BCUT2D eigenvalue weighted by Gasteiger charge is 2.24. The van der Waals surface area contributed by atoms with E-state index < -0.39 is 5.97 Å². The Morgan fingerprint density at radius 3 is 2.86 bits per heavy atom. The number of rotatable bonds is 7. The second-order valence-electron chi connectivity index (χ2n) is 6.58. The molecule has 1 aliphatic carbocycles. The Morgan fingerprint density at radius 1 is 1.45 bits per heavy atom. The van der Waals surface area contributed by atoms with Crippen LogP contribution in [0.4, 0.5) is 0 Å². The fourth-order valence-corrected chi connectivity index (χ4v) is 3.25. The summed E-state index contributed by atoms with van der Waals surface area (Å²) in [5.74, 6) is 0.268. The highest BCUT2D eigenvalue weighted by atomic mass is 16.5. The average molecular weight is 305 g/mol. The third-order valence-electron chi connectivity index (χ3n) is 4.38. The van der Waals surface area contributed by atoms with Crippen LogP contribution in [-0.4, -0.2) is 24.7 Å². The third-order valence-corrected chi connectivity index (χ3v) is 4.38. The molecule has 1 aliphatic rings. The van der Waals surface area contributed by atoms with E-state index in [4.69, 9.17) is 4.74 Å². The maximum absolute atomic E-state index is 11.4. The standard InChI is InChI=1S/C18H27NO3/c1-12(2)9-14(18(20)21)11-19-17-6-4-5-13-10-15(22-3)7-8-16(13)17/h7-8,10,12,14,17,19H,4-6,9,11H2,1-3H3,(H,20,21). The number of fused-ring (bicyclic) bond motifs is 1. The first-order chi connectivity index (χ1) is 10.5. The Labute approximate surface area is 132 Å². The first-order valence-electron chi connectivity index (χ1n) is 8.14. The van der Waals surface area contributed by atoms with Gasteiger partial charge in [0.15, 0.2) is 0 Å². The molecule has 4 nitrogen and oxygen atoms in total. The number of aryl methyl sites for hydroxylation is 1. The predicted molar refractivity (Wildman–Crippen MR) is 87.3 cm³/mol.